The molecule has 3 N–H and O–H groups in total. The van der Waals surface area contributed by atoms with Crippen LogP contribution in [0.4, 0.5) is 18.0 Å². The monoisotopic (exact) mass is 373 g/mol. The maximum atomic E-state index is 12.9. The maximum Gasteiger partial charge on any atom is 0.393 e. The number of nitrogens with zero attached hydrogens (tertiary/aromatic N) is 1. The van der Waals surface area contributed by atoms with Gasteiger partial charge in [0.15, 0.2) is 0 Å². The fraction of sp³-hybridized carbons (Fsp3) is 0.615. The van der Waals surface area contributed by atoms with Crippen LogP contribution in [0.3, 0.4) is 0 Å². The summed E-state index contributed by atoms with van der Waals surface area (Å²) in [6, 6.07) is -1.87. The fourth-order valence-electron chi connectivity index (χ4n) is 2.32. The van der Waals surface area contributed by atoms with Crippen LogP contribution in [0.5, 0.6) is 0 Å². The van der Waals surface area contributed by atoms with Crippen molar-refractivity contribution in [1.29, 1.82) is 0 Å². The van der Waals surface area contributed by atoms with Crippen molar-refractivity contribution in [3.8, 4) is 0 Å². The normalized spacial score (nSPS) is 22.2. The van der Waals surface area contributed by atoms with Crippen LogP contribution in [-0.4, -0.2) is 59.8 Å². The lowest BCUT2D eigenvalue weighted by atomic mass is 9.96. The van der Waals surface area contributed by atoms with Crippen LogP contribution in [0, 0.1) is 11.8 Å². The predicted molar refractivity (Wildman–Crippen MR) is 80.7 cm³/mol. The number of likely N-dealkylation sites (tertiary alicyclic amines) is 1. The molecule has 1 rings (SSSR count). The van der Waals surface area contributed by atoms with E-state index in [0.29, 0.717) is 0 Å². The minimum absolute atomic E-state index is 0. The number of amides is 3. The van der Waals surface area contributed by atoms with Crippen LogP contribution in [0.15, 0.2) is 12.7 Å². The summed E-state index contributed by atoms with van der Waals surface area (Å²) in [5, 5.41) is 13.2. The van der Waals surface area contributed by atoms with E-state index in [1.165, 1.54) is 13.0 Å². The third-order valence-electron chi connectivity index (χ3n) is 3.66. The molecule has 0 aromatic heterocycles. The van der Waals surface area contributed by atoms with Crippen LogP contribution < -0.4 is 10.6 Å². The second-order valence-electron chi connectivity index (χ2n) is 5.21. The molecule has 0 bridgehead atoms. The molecule has 0 spiro atoms. The Hall–Kier alpha value is -1.81. The molecule has 7 nitrogen and oxygen atoms in total. The summed E-state index contributed by atoms with van der Waals surface area (Å²) < 4.78 is 38.7. The molecule has 24 heavy (non-hydrogen) atoms. The van der Waals surface area contributed by atoms with Crippen molar-refractivity contribution < 1.29 is 32.7 Å². The molecule has 138 valence electrons. The molecular formula is C13H19ClF3N3O4. The number of halogens is 4. The first-order valence-corrected chi connectivity index (χ1v) is 6.81. The molecule has 0 aliphatic carbocycles. The molecule has 1 heterocycles. The highest BCUT2D eigenvalue weighted by atomic mass is 35.5. The molecule has 0 aromatic rings. The molecule has 0 radical (unpaired) electrons. The average molecular weight is 374 g/mol. The molecule has 1 fully saturated rings. The first-order valence-electron chi connectivity index (χ1n) is 6.81. The summed E-state index contributed by atoms with van der Waals surface area (Å²) in [6.07, 6.45) is -3.28. The van der Waals surface area contributed by atoms with Gasteiger partial charge in [-0.2, -0.15) is 13.2 Å². The summed E-state index contributed by atoms with van der Waals surface area (Å²) in [7, 11) is 0. The Bertz CT molecular complexity index is 501. The van der Waals surface area contributed by atoms with Crippen molar-refractivity contribution in [1.82, 2.24) is 15.5 Å². The van der Waals surface area contributed by atoms with E-state index in [4.69, 9.17) is 5.11 Å². The second kappa shape index (κ2) is 8.88. The van der Waals surface area contributed by atoms with Crippen molar-refractivity contribution in [2.24, 2.45) is 11.8 Å². The lowest BCUT2D eigenvalue weighted by Crippen LogP contribution is -2.49. The smallest absolute Gasteiger partial charge is 0.393 e. The van der Waals surface area contributed by atoms with E-state index in [2.05, 4.69) is 11.9 Å². The van der Waals surface area contributed by atoms with Crippen LogP contribution in [0.1, 0.15) is 6.92 Å². The molecule has 0 aromatic carbocycles. The first kappa shape index (κ1) is 22.2. The second-order valence-corrected chi connectivity index (χ2v) is 5.21. The quantitative estimate of drug-likeness (QED) is 0.625. The van der Waals surface area contributed by atoms with Gasteiger partial charge in [-0.05, 0) is 6.92 Å². The SMILES string of the molecule is C=CCNC(=O)NC(=O)C(C)N1C[C@@H](C(F)(F)F)[C@H](C(=O)O)C1.Cl. The highest BCUT2D eigenvalue weighted by Crippen LogP contribution is 2.38. The van der Waals surface area contributed by atoms with Crippen molar-refractivity contribution >= 4 is 30.3 Å². The number of carboxylic acid groups (broad SMARTS) is 1. The highest BCUT2D eigenvalue weighted by Gasteiger charge is 2.53. The van der Waals surface area contributed by atoms with Crippen LogP contribution in [0.25, 0.3) is 0 Å². The standard InChI is InChI=1S/C13H18F3N3O4.ClH/c1-3-4-17-12(23)18-10(20)7(2)19-5-8(11(21)22)9(6-19)13(14,15)16;/h3,7-9H,1,4-6H2,2H3,(H,21,22)(H2,17,18,20,23);1H/t7?,8-,9-;/m1./s1. The largest absolute Gasteiger partial charge is 0.481 e. The number of carboxylic acids is 1. The van der Waals surface area contributed by atoms with Crippen molar-refractivity contribution in [2.45, 2.75) is 19.1 Å². The fourth-order valence-corrected chi connectivity index (χ4v) is 2.32. The van der Waals surface area contributed by atoms with Crippen molar-refractivity contribution in [2.75, 3.05) is 19.6 Å². The first-order chi connectivity index (χ1) is 10.6. The van der Waals surface area contributed by atoms with Crippen LogP contribution in [-0.2, 0) is 9.59 Å². The van der Waals surface area contributed by atoms with E-state index in [1.54, 1.807) is 0 Å². The van der Waals surface area contributed by atoms with Crippen LogP contribution in [0.2, 0.25) is 0 Å². The Morgan fingerprint density at radius 2 is 1.96 bits per heavy atom. The minimum atomic E-state index is -4.67. The number of aliphatic carboxylic acids is 1. The van der Waals surface area contributed by atoms with Gasteiger partial charge in [-0.25, -0.2) is 4.79 Å². The van der Waals surface area contributed by atoms with Gasteiger partial charge in [0.1, 0.15) is 0 Å². The molecule has 1 aliphatic rings. The third-order valence-corrected chi connectivity index (χ3v) is 3.66. The van der Waals surface area contributed by atoms with E-state index in [0.717, 1.165) is 4.90 Å². The Morgan fingerprint density at radius 1 is 1.38 bits per heavy atom. The molecule has 0 saturated carbocycles. The van der Waals surface area contributed by atoms with Gasteiger partial charge in [-0.3, -0.25) is 19.8 Å². The van der Waals surface area contributed by atoms with E-state index in [9.17, 15) is 27.6 Å². The van der Waals surface area contributed by atoms with Crippen molar-refractivity contribution in [3.05, 3.63) is 12.7 Å². The lowest BCUT2D eigenvalue weighted by molar-refractivity contribution is -0.188. The molecule has 11 heteroatoms. The third kappa shape index (κ3) is 5.68. The zero-order valence-corrected chi connectivity index (χ0v) is 13.6. The number of imide groups is 1. The van der Waals surface area contributed by atoms with Crippen molar-refractivity contribution in [3.63, 3.8) is 0 Å². The number of urea groups is 1. The minimum Gasteiger partial charge on any atom is -0.481 e. The molecule has 3 amide bonds. The molecule has 1 unspecified atom stereocenters. The van der Waals surface area contributed by atoms with Gasteiger partial charge in [0.2, 0.25) is 5.91 Å². The molecule has 1 aliphatic heterocycles. The topological polar surface area (TPSA) is 98.7 Å². The molecule has 3 atom stereocenters. The van der Waals surface area contributed by atoms with E-state index >= 15 is 0 Å². The summed E-state index contributed by atoms with van der Waals surface area (Å²) in [5.74, 6) is -6.06. The number of carbonyl (C=O) groups excluding carboxylic acids is 2. The van der Waals surface area contributed by atoms with Gasteiger partial charge in [0, 0.05) is 19.6 Å². The van der Waals surface area contributed by atoms with E-state index in [-0.39, 0.29) is 19.0 Å². The Balaban J connectivity index is 0.00000529. The molecular weight excluding hydrogens is 355 g/mol. The number of alkyl halides is 3. The van der Waals surface area contributed by atoms with Gasteiger partial charge in [-0.1, -0.05) is 6.08 Å². The number of hydrogen-bond donors (Lipinski definition) is 3. The summed E-state index contributed by atoms with van der Waals surface area (Å²) in [4.78, 5) is 35.3. The van der Waals surface area contributed by atoms with Gasteiger partial charge >= 0.3 is 18.2 Å². The summed E-state index contributed by atoms with van der Waals surface area (Å²) in [5.41, 5.74) is 0. The maximum absolute atomic E-state index is 12.9. The summed E-state index contributed by atoms with van der Waals surface area (Å²) >= 11 is 0. The van der Waals surface area contributed by atoms with Gasteiger partial charge < -0.3 is 10.4 Å². The van der Waals surface area contributed by atoms with Crippen LogP contribution >= 0.6 is 12.4 Å². The Kier molecular flexibility index (Phi) is 8.21. The van der Waals surface area contributed by atoms with Gasteiger partial charge in [0.25, 0.3) is 0 Å². The number of hydrogen-bond acceptors (Lipinski definition) is 4. The van der Waals surface area contributed by atoms with E-state index in [1.807, 2.05) is 5.32 Å². The average Bonchev–Trinajstić information content (AvgIpc) is 2.89. The van der Waals surface area contributed by atoms with Gasteiger partial charge in [0.05, 0.1) is 17.9 Å². The lowest BCUT2D eigenvalue weighted by Gasteiger charge is -2.23. The number of rotatable bonds is 5. The summed E-state index contributed by atoms with van der Waals surface area (Å²) in [6.45, 7) is 3.78. The predicted octanol–water partition coefficient (Wildman–Crippen LogP) is 1.00. The molecule has 1 saturated heterocycles. The Morgan fingerprint density at radius 3 is 2.38 bits per heavy atom. The number of carbonyl (C=O) groups is 3. The Labute approximate surface area is 142 Å². The zero-order chi connectivity index (χ0) is 17.8. The van der Waals surface area contributed by atoms with E-state index < -0.39 is 55.1 Å². The number of nitrogens with one attached hydrogen (secondary N) is 2. The van der Waals surface area contributed by atoms with Gasteiger partial charge in [-0.15, -0.1) is 19.0 Å². The zero-order valence-electron chi connectivity index (χ0n) is 12.8. The highest BCUT2D eigenvalue weighted by molar-refractivity contribution is 5.96.